The highest BCUT2D eigenvalue weighted by Crippen LogP contribution is 2.42. The van der Waals surface area contributed by atoms with Crippen LogP contribution in [0.15, 0.2) is 24.3 Å². The number of anilines is 1. The molecule has 1 aromatic rings. The Morgan fingerprint density at radius 2 is 1.96 bits per heavy atom. The second-order valence-corrected chi connectivity index (χ2v) is 7.52. The van der Waals surface area contributed by atoms with Crippen molar-refractivity contribution in [1.29, 1.82) is 0 Å². The predicted octanol–water partition coefficient (Wildman–Crippen LogP) is 1.35. The molecule has 150 valence electrons. The SMILES string of the molecule is Cc1ccc(NC(=O)NCC[C@H]2[C@H]3OC(C)(C)O[C@H]3O[C@@H]2[C@H](O)CO)cc1. The van der Waals surface area contributed by atoms with Crippen LogP contribution in [0.2, 0.25) is 0 Å². The molecule has 0 aromatic heterocycles. The lowest BCUT2D eigenvalue weighted by atomic mass is 9.91. The smallest absolute Gasteiger partial charge is 0.319 e. The maximum Gasteiger partial charge on any atom is 0.319 e. The van der Waals surface area contributed by atoms with Crippen molar-refractivity contribution in [2.24, 2.45) is 5.92 Å². The fraction of sp³-hybridized carbons (Fsp3) is 0.632. The monoisotopic (exact) mass is 380 g/mol. The number of aliphatic hydroxyl groups is 2. The van der Waals surface area contributed by atoms with Crippen LogP contribution in [0.1, 0.15) is 25.8 Å². The Bertz CT molecular complexity index is 650. The minimum absolute atomic E-state index is 0.210. The van der Waals surface area contributed by atoms with Crippen LogP contribution in [0.25, 0.3) is 0 Å². The number of hydrogen-bond acceptors (Lipinski definition) is 6. The van der Waals surface area contributed by atoms with E-state index in [0.717, 1.165) is 5.56 Å². The fourth-order valence-electron chi connectivity index (χ4n) is 3.57. The second kappa shape index (κ2) is 8.12. The first-order valence-corrected chi connectivity index (χ1v) is 9.20. The topological polar surface area (TPSA) is 109 Å². The number of benzene rings is 1. The van der Waals surface area contributed by atoms with E-state index in [1.54, 1.807) is 13.8 Å². The molecule has 4 N–H and O–H groups in total. The van der Waals surface area contributed by atoms with Crippen molar-refractivity contribution in [3.8, 4) is 0 Å². The number of urea groups is 1. The van der Waals surface area contributed by atoms with Crippen molar-refractivity contribution < 1.29 is 29.2 Å². The van der Waals surface area contributed by atoms with Gasteiger partial charge in [-0.25, -0.2) is 4.79 Å². The summed E-state index contributed by atoms with van der Waals surface area (Å²) in [7, 11) is 0. The zero-order valence-electron chi connectivity index (χ0n) is 15.8. The zero-order valence-corrected chi connectivity index (χ0v) is 15.8. The van der Waals surface area contributed by atoms with Gasteiger partial charge in [0, 0.05) is 18.2 Å². The maximum absolute atomic E-state index is 12.1. The summed E-state index contributed by atoms with van der Waals surface area (Å²) in [4.78, 5) is 12.1. The van der Waals surface area contributed by atoms with Gasteiger partial charge < -0.3 is 35.1 Å². The van der Waals surface area contributed by atoms with Gasteiger partial charge in [0.2, 0.25) is 0 Å². The molecule has 2 aliphatic rings. The average Bonchev–Trinajstić information content (AvgIpc) is 3.08. The lowest BCUT2D eigenvalue weighted by Crippen LogP contribution is -2.41. The molecule has 2 fully saturated rings. The number of rotatable bonds is 6. The number of carbonyl (C=O) groups excluding carboxylic acids is 1. The molecule has 0 saturated carbocycles. The van der Waals surface area contributed by atoms with E-state index in [1.807, 2.05) is 31.2 Å². The number of aliphatic hydroxyl groups excluding tert-OH is 2. The Balaban J connectivity index is 1.54. The molecule has 3 rings (SSSR count). The van der Waals surface area contributed by atoms with Gasteiger partial charge in [0.15, 0.2) is 12.1 Å². The second-order valence-electron chi connectivity index (χ2n) is 7.52. The molecule has 0 unspecified atom stereocenters. The van der Waals surface area contributed by atoms with E-state index in [-0.39, 0.29) is 18.1 Å². The standard InChI is InChI=1S/C19H28N2O6/c1-11-4-6-12(7-5-11)21-18(24)20-9-8-13-15(14(23)10-22)25-17-16(13)26-19(2,3)27-17/h4-7,13-17,22-23H,8-10H2,1-3H3,(H2,20,21,24)/t13-,14-,15+,16-,17-/m1/s1. The molecule has 2 aliphatic heterocycles. The largest absolute Gasteiger partial charge is 0.394 e. The van der Waals surface area contributed by atoms with Gasteiger partial charge >= 0.3 is 6.03 Å². The van der Waals surface area contributed by atoms with E-state index in [0.29, 0.717) is 18.7 Å². The third kappa shape index (κ3) is 4.77. The lowest BCUT2D eigenvalue weighted by molar-refractivity contribution is -0.222. The van der Waals surface area contributed by atoms with Crippen LogP contribution < -0.4 is 10.6 Å². The highest BCUT2D eigenvalue weighted by Gasteiger charge is 2.55. The molecule has 0 spiro atoms. The third-order valence-corrected chi connectivity index (χ3v) is 4.86. The number of aryl methyl sites for hydroxylation is 1. The van der Waals surface area contributed by atoms with Crippen molar-refractivity contribution in [3.05, 3.63) is 29.8 Å². The van der Waals surface area contributed by atoms with E-state index in [2.05, 4.69) is 10.6 Å². The van der Waals surface area contributed by atoms with Gasteiger partial charge in [-0.3, -0.25) is 0 Å². The molecular weight excluding hydrogens is 352 g/mol. The van der Waals surface area contributed by atoms with Crippen molar-refractivity contribution in [1.82, 2.24) is 5.32 Å². The Morgan fingerprint density at radius 3 is 2.63 bits per heavy atom. The van der Waals surface area contributed by atoms with Gasteiger partial charge in [-0.05, 0) is 39.3 Å². The minimum atomic E-state index is -1.03. The minimum Gasteiger partial charge on any atom is -0.394 e. The molecule has 2 heterocycles. The summed E-state index contributed by atoms with van der Waals surface area (Å²) in [6.45, 7) is 5.54. The summed E-state index contributed by atoms with van der Waals surface area (Å²) in [5, 5.41) is 24.9. The van der Waals surface area contributed by atoms with Gasteiger partial charge in [-0.1, -0.05) is 17.7 Å². The predicted molar refractivity (Wildman–Crippen MR) is 98.1 cm³/mol. The van der Waals surface area contributed by atoms with E-state index in [1.165, 1.54) is 0 Å². The highest BCUT2D eigenvalue weighted by molar-refractivity contribution is 5.89. The molecule has 2 amide bonds. The van der Waals surface area contributed by atoms with Crippen LogP contribution in [-0.4, -0.2) is 59.8 Å². The van der Waals surface area contributed by atoms with Gasteiger partial charge in [-0.2, -0.15) is 0 Å². The molecule has 0 aliphatic carbocycles. The number of carbonyl (C=O) groups is 1. The Kier molecular flexibility index (Phi) is 6.02. The summed E-state index contributed by atoms with van der Waals surface area (Å²) >= 11 is 0. The molecular formula is C19H28N2O6. The van der Waals surface area contributed by atoms with Crippen LogP contribution in [0.3, 0.4) is 0 Å². The first-order valence-electron chi connectivity index (χ1n) is 9.20. The molecule has 2 saturated heterocycles. The van der Waals surface area contributed by atoms with Crippen LogP contribution >= 0.6 is 0 Å². The molecule has 1 aromatic carbocycles. The van der Waals surface area contributed by atoms with E-state index in [4.69, 9.17) is 14.2 Å². The van der Waals surface area contributed by atoms with E-state index < -0.39 is 30.9 Å². The maximum atomic E-state index is 12.1. The summed E-state index contributed by atoms with van der Waals surface area (Å²) in [6, 6.07) is 7.21. The van der Waals surface area contributed by atoms with Crippen LogP contribution in [0.5, 0.6) is 0 Å². The van der Waals surface area contributed by atoms with Gasteiger partial charge in [0.05, 0.1) is 12.7 Å². The number of fused-ring (bicyclic) bond motifs is 1. The Labute approximate surface area is 158 Å². The van der Waals surface area contributed by atoms with Crippen molar-refractivity contribution in [2.75, 3.05) is 18.5 Å². The zero-order chi connectivity index (χ0) is 19.6. The normalized spacial score (nSPS) is 30.0. The van der Waals surface area contributed by atoms with Crippen molar-refractivity contribution in [3.63, 3.8) is 0 Å². The summed E-state index contributed by atoms with van der Waals surface area (Å²) in [5.41, 5.74) is 1.83. The third-order valence-electron chi connectivity index (χ3n) is 4.86. The van der Waals surface area contributed by atoms with Crippen LogP contribution in [0, 0.1) is 12.8 Å². The molecule has 27 heavy (non-hydrogen) atoms. The Morgan fingerprint density at radius 1 is 1.26 bits per heavy atom. The van der Waals surface area contributed by atoms with Crippen LogP contribution in [-0.2, 0) is 14.2 Å². The summed E-state index contributed by atoms with van der Waals surface area (Å²) < 4.78 is 17.4. The summed E-state index contributed by atoms with van der Waals surface area (Å²) in [5.74, 6) is -0.975. The quantitative estimate of drug-likeness (QED) is 0.593. The molecule has 0 radical (unpaired) electrons. The molecule has 0 bridgehead atoms. The van der Waals surface area contributed by atoms with E-state index in [9.17, 15) is 15.0 Å². The van der Waals surface area contributed by atoms with Gasteiger partial charge in [-0.15, -0.1) is 0 Å². The number of nitrogens with one attached hydrogen (secondary N) is 2. The van der Waals surface area contributed by atoms with Crippen LogP contribution in [0.4, 0.5) is 10.5 Å². The number of amides is 2. The van der Waals surface area contributed by atoms with Gasteiger partial charge in [0.25, 0.3) is 0 Å². The molecule has 8 nitrogen and oxygen atoms in total. The average molecular weight is 380 g/mol. The summed E-state index contributed by atoms with van der Waals surface area (Å²) in [6.07, 6.45) is -2.06. The lowest BCUT2D eigenvalue weighted by Gasteiger charge is -2.28. The first kappa shape index (κ1) is 20.0. The van der Waals surface area contributed by atoms with Gasteiger partial charge in [0.1, 0.15) is 12.2 Å². The molecule has 8 heteroatoms. The Hall–Kier alpha value is -1.71. The van der Waals surface area contributed by atoms with E-state index >= 15 is 0 Å². The fourth-order valence-corrected chi connectivity index (χ4v) is 3.57. The van der Waals surface area contributed by atoms with Crippen molar-refractivity contribution in [2.45, 2.75) is 57.6 Å². The number of hydrogen-bond donors (Lipinski definition) is 4. The first-order chi connectivity index (χ1) is 12.8. The number of ether oxygens (including phenoxy) is 3. The highest BCUT2D eigenvalue weighted by atomic mass is 16.8. The van der Waals surface area contributed by atoms with Crippen molar-refractivity contribution >= 4 is 11.7 Å². The molecule has 5 atom stereocenters.